The van der Waals surface area contributed by atoms with E-state index in [1.807, 2.05) is 0 Å². The third-order valence-electron chi connectivity index (χ3n) is 1.43. The van der Waals surface area contributed by atoms with Crippen LogP contribution in [0.4, 0.5) is 4.39 Å². The highest BCUT2D eigenvalue weighted by atomic mass is 35.5. The summed E-state index contributed by atoms with van der Waals surface area (Å²) >= 11 is 5.43. The number of aliphatic hydroxyl groups excluding tert-OH is 1. The van der Waals surface area contributed by atoms with Crippen molar-refractivity contribution in [2.45, 2.75) is 13.0 Å². The maximum absolute atomic E-state index is 12.7. The standard InChI is InChI=1S/C8H8ClFO/c1-5(11)6-2-3-7(9)8(10)4-6/h2-5,11H,1H3/t5-/m0/s1. The van der Waals surface area contributed by atoms with Crippen LogP contribution in [-0.4, -0.2) is 5.11 Å². The molecule has 1 nitrogen and oxygen atoms in total. The van der Waals surface area contributed by atoms with Gasteiger partial charge in [0, 0.05) is 0 Å². The molecule has 1 atom stereocenters. The van der Waals surface area contributed by atoms with Gasteiger partial charge in [0.15, 0.2) is 0 Å². The van der Waals surface area contributed by atoms with Crippen LogP contribution in [0.2, 0.25) is 5.02 Å². The highest BCUT2D eigenvalue weighted by Crippen LogP contribution is 2.19. The van der Waals surface area contributed by atoms with Crippen LogP contribution in [0.3, 0.4) is 0 Å². The van der Waals surface area contributed by atoms with Crippen LogP contribution in [0.15, 0.2) is 18.2 Å². The van der Waals surface area contributed by atoms with Crippen LogP contribution in [0.1, 0.15) is 18.6 Å². The van der Waals surface area contributed by atoms with Crippen molar-refractivity contribution in [1.29, 1.82) is 0 Å². The molecule has 0 aliphatic carbocycles. The van der Waals surface area contributed by atoms with Gasteiger partial charge in [-0.3, -0.25) is 0 Å². The molecular formula is C8H8ClFO. The third kappa shape index (κ3) is 1.91. The van der Waals surface area contributed by atoms with Gasteiger partial charge in [-0.15, -0.1) is 0 Å². The van der Waals surface area contributed by atoms with Crippen molar-refractivity contribution >= 4 is 11.6 Å². The van der Waals surface area contributed by atoms with E-state index in [0.29, 0.717) is 5.56 Å². The molecule has 0 saturated carbocycles. The Hall–Kier alpha value is -0.600. The molecule has 1 rings (SSSR count). The zero-order valence-electron chi connectivity index (χ0n) is 6.01. The highest BCUT2D eigenvalue weighted by Gasteiger charge is 2.04. The van der Waals surface area contributed by atoms with E-state index in [1.54, 1.807) is 13.0 Å². The van der Waals surface area contributed by atoms with Crippen molar-refractivity contribution in [2.75, 3.05) is 0 Å². The van der Waals surface area contributed by atoms with E-state index < -0.39 is 11.9 Å². The Morgan fingerprint density at radius 2 is 2.18 bits per heavy atom. The zero-order valence-corrected chi connectivity index (χ0v) is 6.77. The third-order valence-corrected chi connectivity index (χ3v) is 1.73. The van der Waals surface area contributed by atoms with Crippen molar-refractivity contribution in [1.82, 2.24) is 0 Å². The number of halogens is 2. The summed E-state index contributed by atoms with van der Waals surface area (Å²) in [4.78, 5) is 0. The van der Waals surface area contributed by atoms with Crippen molar-refractivity contribution in [2.24, 2.45) is 0 Å². The van der Waals surface area contributed by atoms with E-state index in [0.717, 1.165) is 0 Å². The van der Waals surface area contributed by atoms with E-state index >= 15 is 0 Å². The van der Waals surface area contributed by atoms with Gasteiger partial charge in [-0.25, -0.2) is 4.39 Å². The van der Waals surface area contributed by atoms with Gasteiger partial charge in [0.05, 0.1) is 11.1 Å². The molecule has 0 aromatic heterocycles. The number of rotatable bonds is 1. The number of benzene rings is 1. The van der Waals surface area contributed by atoms with Gasteiger partial charge in [0.25, 0.3) is 0 Å². The van der Waals surface area contributed by atoms with Crippen LogP contribution in [0, 0.1) is 5.82 Å². The fourth-order valence-corrected chi connectivity index (χ4v) is 0.890. The lowest BCUT2D eigenvalue weighted by atomic mass is 10.1. The minimum atomic E-state index is -0.651. The average molecular weight is 175 g/mol. The highest BCUT2D eigenvalue weighted by molar-refractivity contribution is 6.30. The Morgan fingerprint density at radius 1 is 1.55 bits per heavy atom. The maximum Gasteiger partial charge on any atom is 0.142 e. The van der Waals surface area contributed by atoms with Crippen LogP contribution in [0.5, 0.6) is 0 Å². The van der Waals surface area contributed by atoms with E-state index in [9.17, 15) is 4.39 Å². The molecule has 0 saturated heterocycles. The van der Waals surface area contributed by atoms with Crippen LogP contribution in [0.25, 0.3) is 0 Å². The van der Waals surface area contributed by atoms with E-state index in [4.69, 9.17) is 16.7 Å². The second-order valence-electron chi connectivity index (χ2n) is 2.35. The van der Waals surface area contributed by atoms with E-state index in [2.05, 4.69) is 0 Å². The average Bonchev–Trinajstić information content (AvgIpc) is 1.94. The lowest BCUT2D eigenvalue weighted by Crippen LogP contribution is -1.91. The SMILES string of the molecule is C[C@H](O)c1ccc(Cl)c(F)c1. The fourth-order valence-electron chi connectivity index (χ4n) is 0.772. The van der Waals surface area contributed by atoms with Crippen molar-refractivity contribution in [3.8, 4) is 0 Å². The predicted molar refractivity (Wildman–Crippen MR) is 42.0 cm³/mol. The van der Waals surface area contributed by atoms with Crippen molar-refractivity contribution in [3.05, 3.63) is 34.6 Å². The van der Waals surface area contributed by atoms with E-state index in [-0.39, 0.29) is 5.02 Å². The summed E-state index contributed by atoms with van der Waals surface area (Å²) in [6.45, 7) is 1.57. The summed E-state index contributed by atoms with van der Waals surface area (Å²) in [6, 6.07) is 4.25. The van der Waals surface area contributed by atoms with Crippen LogP contribution in [-0.2, 0) is 0 Å². The molecule has 11 heavy (non-hydrogen) atoms. The van der Waals surface area contributed by atoms with Gasteiger partial charge in [0.1, 0.15) is 5.82 Å². The summed E-state index contributed by atoms with van der Waals surface area (Å²) in [5, 5.41) is 9.11. The molecule has 0 amide bonds. The summed E-state index contributed by atoms with van der Waals surface area (Å²) in [5.41, 5.74) is 0.534. The van der Waals surface area contributed by atoms with Gasteiger partial charge in [-0.05, 0) is 24.6 Å². The molecule has 0 heterocycles. The smallest absolute Gasteiger partial charge is 0.142 e. The van der Waals surface area contributed by atoms with Crippen LogP contribution >= 0.6 is 11.6 Å². The zero-order chi connectivity index (χ0) is 8.43. The molecule has 1 N–H and O–H groups in total. The Bertz CT molecular complexity index is 260. The molecule has 1 aromatic carbocycles. The summed E-state index contributed by atoms with van der Waals surface area (Å²) in [6.07, 6.45) is -0.651. The number of hydrogen-bond acceptors (Lipinski definition) is 1. The Morgan fingerprint density at radius 3 is 2.64 bits per heavy atom. The van der Waals surface area contributed by atoms with Gasteiger partial charge in [-0.2, -0.15) is 0 Å². The fraction of sp³-hybridized carbons (Fsp3) is 0.250. The quantitative estimate of drug-likeness (QED) is 0.694. The first-order valence-electron chi connectivity index (χ1n) is 3.24. The van der Waals surface area contributed by atoms with Crippen LogP contribution < -0.4 is 0 Å². The van der Waals surface area contributed by atoms with Gasteiger partial charge in [0.2, 0.25) is 0 Å². The topological polar surface area (TPSA) is 20.2 Å². The first kappa shape index (κ1) is 8.50. The largest absolute Gasteiger partial charge is 0.389 e. The molecule has 0 unspecified atom stereocenters. The molecule has 60 valence electrons. The summed E-state index contributed by atoms with van der Waals surface area (Å²) in [5.74, 6) is -0.495. The number of hydrogen-bond donors (Lipinski definition) is 1. The Kier molecular flexibility index (Phi) is 2.47. The Balaban J connectivity index is 3.05. The van der Waals surface area contributed by atoms with Crippen molar-refractivity contribution in [3.63, 3.8) is 0 Å². The minimum absolute atomic E-state index is 0.0781. The molecule has 0 spiro atoms. The van der Waals surface area contributed by atoms with Gasteiger partial charge in [-0.1, -0.05) is 17.7 Å². The predicted octanol–water partition coefficient (Wildman–Crippen LogP) is 2.53. The van der Waals surface area contributed by atoms with E-state index in [1.165, 1.54) is 12.1 Å². The lowest BCUT2D eigenvalue weighted by molar-refractivity contribution is 0.199. The molecule has 0 aliphatic rings. The van der Waals surface area contributed by atoms with Gasteiger partial charge >= 0.3 is 0 Å². The summed E-state index contributed by atoms with van der Waals surface area (Å²) in [7, 11) is 0. The second-order valence-corrected chi connectivity index (χ2v) is 2.76. The lowest BCUT2D eigenvalue weighted by Gasteiger charge is -2.03. The molecule has 0 radical (unpaired) electrons. The van der Waals surface area contributed by atoms with Crippen molar-refractivity contribution < 1.29 is 9.50 Å². The molecule has 0 fully saturated rings. The Labute approximate surface area is 69.4 Å². The summed E-state index contributed by atoms with van der Waals surface area (Å²) < 4.78 is 12.7. The molecule has 1 aromatic rings. The molecular weight excluding hydrogens is 167 g/mol. The monoisotopic (exact) mass is 174 g/mol. The molecule has 0 aliphatic heterocycles. The minimum Gasteiger partial charge on any atom is -0.389 e. The van der Waals surface area contributed by atoms with Gasteiger partial charge < -0.3 is 5.11 Å². The second kappa shape index (κ2) is 3.20. The molecule has 0 bridgehead atoms. The first-order valence-corrected chi connectivity index (χ1v) is 3.62. The number of aliphatic hydroxyl groups is 1. The first-order chi connectivity index (χ1) is 5.11. The normalized spacial score (nSPS) is 13.1. The maximum atomic E-state index is 12.7. The molecule has 3 heteroatoms.